The highest BCUT2D eigenvalue weighted by Gasteiger charge is 2.11. The third-order valence-corrected chi connectivity index (χ3v) is 4.09. The minimum atomic E-state index is -0.312. The van der Waals surface area contributed by atoms with Gasteiger partial charge in [0.25, 0.3) is 0 Å². The molecular weight excluding hydrogens is 331 g/mol. The molecule has 1 amide bonds. The largest absolute Gasteiger partial charge is 0.356 e. The first-order valence-corrected chi connectivity index (χ1v) is 8.74. The summed E-state index contributed by atoms with van der Waals surface area (Å²) in [6.45, 7) is 2.17. The summed E-state index contributed by atoms with van der Waals surface area (Å²) in [4.78, 5) is 12.2. The second-order valence-electron chi connectivity index (χ2n) is 6.21. The number of rotatable bonds is 7. The molecule has 3 rings (SSSR count). The lowest BCUT2D eigenvalue weighted by Crippen LogP contribution is -2.14. The molecule has 26 heavy (non-hydrogen) atoms. The van der Waals surface area contributed by atoms with E-state index in [4.69, 9.17) is 4.52 Å². The molecule has 0 radical (unpaired) electrons. The van der Waals surface area contributed by atoms with E-state index in [-0.39, 0.29) is 18.1 Å². The van der Waals surface area contributed by atoms with Crippen LogP contribution in [0.2, 0.25) is 0 Å². The van der Waals surface area contributed by atoms with Crippen molar-refractivity contribution in [1.29, 1.82) is 0 Å². The van der Waals surface area contributed by atoms with Crippen molar-refractivity contribution in [3.8, 4) is 11.3 Å². The van der Waals surface area contributed by atoms with Gasteiger partial charge in [-0.05, 0) is 54.8 Å². The molecule has 0 fully saturated rings. The smallest absolute Gasteiger partial charge is 0.230 e. The van der Waals surface area contributed by atoms with E-state index in [2.05, 4.69) is 17.4 Å². The number of aromatic nitrogens is 1. The first kappa shape index (κ1) is 17.9. The number of carbonyl (C=O) groups is 1. The van der Waals surface area contributed by atoms with Crippen molar-refractivity contribution < 1.29 is 13.7 Å². The molecule has 0 unspecified atom stereocenters. The van der Waals surface area contributed by atoms with E-state index < -0.39 is 0 Å². The van der Waals surface area contributed by atoms with E-state index in [1.807, 2.05) is 24.3 Å². The van der Waals surface area contributed by atoms with Gasteiger partial charge in [0.1, 0.15) is 5.82 Å². The molecule has 5 heteroatoms. The summed E-state index contributed by atoms with van der Waals surface area (Å²) in [7, 11) is 0. The van der Waals surface area contributed by atoms with Crippen molar-refractivity contribution in [1.82, 2.24) is 5.16 Å². The Balaban J connectivity index is 1.57. The van der Waals surface area contributed by atoms with E-state index in [0.717, 1.165) is 24.9 Å². The van der Waals surface area contributed by atoms with Crippen molar-refractivity contribution in [3.63, 3.8) is 0 Å². The van der Waals surface area contributed by atoms with Gasteiger partial charge < -0.3 is 9.84 Å². The highest BCUT2D eigenvalue weighted by atomic mass is 19.1. The molecule has 0 atom stereocenters. The summed E-state index contributed by atoms with van der Waals surface area (Å²) in [5.74, 6) is 0.0342. The van der Waals surface area contributed by atoms with Crippen molar-refractivity contribution in [2.45, 2.75) is 32.6 Å². The number of nitrogens with one attached hydrogen (secondary N) is 1. The minimum absolute atomic E-state index is 0.113. The second-order valence-corrected chi connectivity index (χ2v) is 6.21. The topological polar surface area (TPSA) is 55.1 Å². The summed E-state index contributed by atoms with van der Waals surface area (Å²) in [5, 5.41) is 6.77. The Morgan fingerprint density at radius 3 is 2.54 bits per heavy atom. The maximum Gasteiger partial charge on any atom is 0.230 e. The summed E-state index contributed by atoms with van der Waals surface area (Å²) >= 11 is 0. The van der Waals surface area contributed by atoms with Crippen LogP contribution in [0.5, 0.6) is 0 Å². The molecule has 0 aliphatic heterocycles. The summed E-state index contributed by atoms with van der Waals surface area (Å²) < 4.78 is 18.2. The normalized spacial score (nSPS) is 10.7. The van der Waals surface area contributed by atoms with Crippen molar-refractivity contribution in [2.75, 3.05) is 5.32 Å². The number of hydrogen-bond acceptors (Lipinski definition) is 3. The van der Waals surface area contributed by atoms with Crippen molar-refractivity contribution >= 4 is 11.6 Å². The first-order chi connectivity index (χ1) is 12.6. The molecule has 1 aromatic heterocycles. The first-order valence-electron chi connectivity index (χ1n) is 8.74. The molecule has 2 aromatic carbocycles. The molecule has 0 spiro atoms. The van der Waals surface area contributed by atoms with E-state index >= 15 is 0 Å². The van der Waals surface area contributed by atoms with Gasteiger partial charge in [-0.1, -0.05) is 30.6 Å². The number of amides is 1. The lowest BCUT2D eigenvalue weighted by molar-refractivity contribution is -0.115. The Morgan fingerprint density at radius 2 is 1.85 bits per heavy atom. The Hall–Kier alpha value is -2.95. The third kappa shape index (κ3) is 4.79. The molecule has 134 valence electrons. The van der Waals surface area contributed by atoms with Crippen LogP contribution in [0.1, 0.15) is 31.0 Å². The lowest BCUT2D eigenvalue weighted by atomic mass is 10.1. The number of halogens is 1. The number of hydrogen-bond donors (Lipinski definition) is 1. The molecule has 0 saturated carbocycles. The zero-order valence-electron chi connectivity index (χ0n) is 14.7. The minimum Gasteiger partial charge on any atom is -0.356 e. The molecule has 3 aromatic rings. The van der Waals surface area contributed by atoms with Crippen LogP contribution in [0.25, 0.3) is 11.3 Å². The van der Waals surface area contributed by atoms with Gasteiger partial charge in [0.15, 0.2) is 5.76 Å². The molecule has 0 bridgehead atoms. The van der Waals surface area contributed by atoms with Crippen LogP contribution in [0.15, 0.2) is 59.1 Å². The van der Waals surface area contributed by atoms with Gasteiger partial charge >= 0.3 is 0 Å². The van der Waals surface area contributed by atoms with Gasteiger partial charge in [-0.25, -0.2) is 4.39 Å². The average molecular weight is 352 g/mol. The standard InChI is InChI=1S/C21H21FN2O2/c1-2-3-4-15-5-11-18(12-6-15)23-21(25)14-19-13-20(26-24-19)16-7-9-17(22)10-8-16/h5-13H,2-4,14H2,1H3,(H,23,25). The number of benzene rings is 2. The van der Waals surface area contributed by atoms with Crippen LogP contribution < -0.4 is 5.32 Å². The number of anilines is 1. The average Bonchev–Trinajstić information content (AvgIpc) is 3.10. The summed E-state index contributed by atoms with van der Waals surface area (Å²) in [6, 6.07) is 15.5. The zero-order chi connectivity index (χ0) is 18.4. The second kappa shape index (κ2) is 8.43. The van der Waals surface area contributed by atoms with E-state index in [0.29, 0.717) is 17.0 Å². The Morgan fingerprint density at radius 1 is 1.12 bits per heavy atom. The van der Waals surface area contributed by atoms with Crippen LogP contribution in [0, 0.1) is 5.82 Å². The number of unbranched alkanes of at least 4 members (excludes halogenated alkanes) is 1. The predicted molar refractivity (Wildman–Crippen MR) is 99.3 cm³/mol. The Kier molecular flexibility index (Phi) is 5.79. The van der Waals surface area contributed by atoms with Crippen LogP contribution in [0.3, 0.4) is 0 Å². The number of nitrogens with zero attached hydrogens (tertiary/aromatic N) is 1. The third-order valence-electron chi connectivity index (χ3n) is 4.09. The highest BCUT2D eigenvalue weighted by molar-refractivity contribution is 5.92. The SMILES string of the molecule is CCCCc1ccc(NC(=O)Cc2cc(-c3ccc(F)cc3)on2)cc1. The van der Waals surface area contributed by atoms with Gasteiger partial charge in [0.05, 0.1) is 12.1 Å². The van der Waals surface area contributed by atoms with Gasteiger partial charge in [-0.3, -0.25) is 4.79 Å². The zero-order valence-corrected chi connectivity index (χ0v) is 14.7. The fourth-order valence-electron chi connectivity index (χ4n) is 2.65. The Bertz CT molecular complexity index is 854. The van der Waals surface area contributed by atoms with E-state index in [1.54, 1.807) is 18.2 Å². The molecule has 1 N–H and O–H groups in total. The molecule has 0 aliphatic rings. The number of aryl methyl sites for hydroxylation is 1. The van der Waals surface area contributed by atoms with E-state index in [9.17, 15) is 9.18 Å². The molecule has 4 nitrogen and oxygen atoms in total. The van der Waals surface area contributed by atoms with Crippen LogP contribution in [0.4, 0.5) is 10.1 Å². The van der Waals surface area contributed by atoms with E-state index in [1.165, 1.54) is 17.7 Å². The van der Waals surface area contributed by atoms with Crippen LogP contribution in [-0.4, -0.2) is 11.1 Å². The maximum atomic E-state index is 13.0. The predicted octanol–water partition coefficient (Wildman–Crippen LogP) is 5.00. The monoisotopic (exact) mass is 352 g/mol. The number of carbonyl (C=O) groups excluding carboxylic acids is 1. The fraction of sp³-hybridized carbons (Fsp3) is 0.238. The van der Waals surface area contributed by atoms with Crippen LogP contribution >= 0.6 is 0 Å². The van der Waals surface area contributed by atoms with Crippen molar-refractivity contribution in [2.24, 2.45) is 0 Å². The molecular formula is C21H21FN2O2. The van der Waals surface area contributed by atoms with Crippen molar-refractivity contribution in [3.05, 3.63) is 71.7 Å². The summed E-state index contributed by atoms with van der Waals surface area (Å²) in [6.07, 6.45) is 3.49. The van der Waals surface area contributed by atoms with Gasteiger partial charge in [-0.15, -0.1) is 0 Å². The lowest BCUT2D eigenvalue weighted by Gasteiger charge is -2.05. The molecule has 0 aliphatic carbocycles. The van der Waals surface area contributed by atoms with Crippen LogP contribution in [-0.2, 0) is 17.6 Å². The molecule has 1 heterocycles. The van der Waals surface area contributed by atoms with Gasteiger partial charge in [-0.2, -0.15) is 0 Å². The highest BCUT2D eigenvalue weighted by Crippen LogP contribution is 2.21. The Labute approximate surface area is 152 Å². The van der Waals surface area contributed by atoms with Gasteiger partial charge in [0.2, 0.25) is 5.91 Å². The quantitative estimate of drug-likeness (QED) is 0.651. The van der Waals surface area contributed by atoms with Gasteiger partial charge in [0, 0.05) is 17.3 Å². The fourth-order valence-corrected chi connectivity index (χ4v) is 2.65. The maximum absolute atomic E-state index is 13.0. The summed E-state index contributed by atoms with van der Waals surface area (Å²) in [5.41, 5.74) is 3.28. The molecule has 0 saturated heterocycles.